The van der Waals surface area contributed by atoms with E-state index in [0.29, 0.717) is 10.9 Å². The Morgan fingerprint density at radius 1 is 1.26 bits per heavy atom. The lowest BCUT2D eigenvalue weighted by Crippen LogP contribution is -2.22. The standard InChI is InChI=1S/C17H14FN3O2/c1-11-6-7-13(18)14(8-11)20-17(23)10-21-15-5-3-2-4-12(15)16(22)9-19-21/h2-9H,10H2,1H3,(H,20,23). The smallest absolute Gasteiger partial charge is 0.246 e. The molecule has 0 radical (unpaired) electrons. The number of para-hydroxylation sites is 1. The first-order valence-corrected chi connectivity index (χ1v) is 7.05. The fraction of sp³-hybridized carbons (Fsp3) is 0.118. The minimum absolute atomic E-state index is 0.117. The van der Waals surface area contributed by atoms with E-state index in [4.69, 9.17) is 0 Å². The summed E-state index contributed by atoms with van der Waals surface area (Å²) >= 11 is 0. The zero-order chi connectivity index (χ0) is 16.4. The Bertz CT molecular complexity index is 950. The lowest BCUT2D eigenvalue weighted by molar-refractivity contribution is -0.116. The Morgan fingerprint density at radius 2 is 2.04 bits per heavy atom. The number of aromatic nitrogens is 2. The highest BCUT2D eigenvalue weighted by Gasteiger charge is 2.10. The number of nitrogens with one attached hydrogen (secondary N) is 1. The van der Waals surface area contributed by atoms with Gasteiger partial charge >= 0.3 is 0 Å². The van der Waals surface area contributed by atoms with Crippen molar-refractivity contribution in [2.75, 3.05) is 5.32 Å². The number of hydrogen-bond acceptors (Lipinski definition) is 3. The normalized spacial score (nSPS) is 10.7. The third kappa shape index (κ3) is 3.11. The molecule has 1 N–H and O–H groups in total. The zero-order valence-electron chi connectivity index (χ0n) is 12.4. The molecule has 23 heavy (non-hydrogen) atoms. The van der Waals surface area contributed by atoms with Gasteiger partial charge in [0.05, 0.1) is 17.4 Å². The first-order valence-electron chi connectivity index (χ1n) is 7.05. The molecular formula is C17H14FN3O2. The number of fused-ring (bicyclic) bond motifs is 1. The van der Waals surface area contributed by atoms with Crippen molar-refractivity contribution in [3.05, 3.63) is 70.3 Å². The first-order chi connectivity index (χ1) is 11.0. The van der Waals surface area contributed by atoms with Crippen LogP contribution in [0.2, 0.25) is 0 Å². The van der Waals surface area contributed by atoms with Gasteiger partial charge in [0.15, 0.2) is 0 Å². The molecule has 0 aliphatic carbocycles. The summed E-state index contributed by atoms with van der Waals surface area (Å²) in [6.07, 6.45) is 1.17. The molecule has 1 aromatic heterocycles. The lowest BCUT2D eigenvalue weighted by Gasteiger charge is -2.10. The van der Waals surface area contributed by atoms with Crippen molar-refractivity contribution >= 4 is 22.5 Å². The molecule has 0 saturated carbocycles. The highest BCUT2D eigenvalue weighted by molar-refractivity contribution is 5.91. The van der Waals surface area contributed by atoms with Crippen LogP contribution in [-0.2, 0) is 11.3 Å². The van der Waals surface area contributed by atoms with E-state index in [1.165, 1.54) is 16.9 Å². The molecular weight excluding hydrogens is 297 g/mol. The molecule has 1 amide bonds. The second kappa shape index (κ2) is 6.00. The van der Waals surface area contributed by atoms with Crippen LogP contribution in [-0.4, -0.2) is 15.7 Å². The first kappa shape index (κ1) is 14.9. The number of halogens is 1. The molecule has 0 saturated heterocycles. The van der Waals surface area contributed by atoms with Crippen molar-refractivity contribution in [1.29, 1.82) is 0 Å². The van der Waals surface area contributed by atoms with Gasteiger partial charge in [-0.15, -0.1) is 0 Å². The van der Waals surface area contributed by atoms with Crippen LogP contribution in [0, 0.1) is 12.7 Å². The van der Waals surface area contributed by atoms with E-state index >= 15 is 0 Å². The predicted molar refractivity (Wildman–Crippen MR) is 85.8 cm³/mol. The van der Waals surface area contributed by atoms with Crippen LogP contribution in [0.4, 0.5) is 10.1 Å². The molecule has 3 rings (SSSR count). The van der Waals surface area contributed by atoms with E-state index in [2.05, 4.69) is 10.4 Å². The van der Waals surface area contributed by atoms with Crippen molar-refractivity contribution in [2.45, 2.75) is 13.5 Å². The van der Waals surface area contributed by atoms with E-state index in [1.54, 1.807) is 36.4 Å². The van der Waals surface area contributed by atoms with Crippen LogP contribution >= 0.6 is 0 Å². The summed E-state index contributed by atoms with van der Waals surface area (Å²) in [5, 5.41) is 6.99. The summed E-state index contributed by atoms with van der Waals surface area (Å²) in [7, 11) is 0. The van der Waals surface area contributed by atoms with Gasteiger partial charge in [-0.05, 0) is 36.8 Å². The van der Waals surface area contributed by atoms with Crippen molar-refractivity contribution in [2.24, 2.45) is 0 Å². The minimum atomic E-state index is -0.498. The average Bonchev–Trinajstić information content (AvgIpc) is 2.54. The number of rotatable bonds is 3. The van der Waals surface area contributed by atoms with Crippen LogP contribution in [0.1, 0.15) is 5.56 Å². The monoisotopic (exact) mass is 311 g/mol. The van der Waals surface area contributed by atoms with Crippen LogP contribution in [0.3, 0.4) is 0 Å². The quantitative estimate of drug-likeness (QED) is 0.808. The van der Waals surface area contributed by atoms with Gasteiger partial charge in [0.1, 0.15) is 12.4 Å². The average molecular weight is 311 g/mol. The predicted octanol–water partition coefficient (Wildman–Crippen LogP) is 2.48. The Kier molecular flexibility index (Phi) is 3.89. The number of carbonyl (C=O) groups is 1. The Balaban J connectivity index is 1.88. The summed E-state index contributed by atoms with van der Waals surface area (Å²) in [6.45, 7) is 1.69. The highest BCUT2D eigenvalue weighted by atomic mass is 19.1. The Hall–Kier alpha value is -3.02. The summed E-state index contributed by atoms with van der Waals surface area (Å²) < 4.78 is 15.1. The molecule has 0 aliphatic heterocycles. The summed E-state index contributed by atoms with van der Waals surface area (Å²) in [6, 6.07) is 11.4. The van der Waals surface area contributed by atoms with Gasteiger partial charge in [0, 0.05) is 5.39 Å². The van der Waals surface area contributed by atoms with Gasteiger partial charge in [-0.2, -0.15) is 5.10 Å². The molecule has 0 spiro atoms. The van der Waals surface area contributed by atoms with Crippen LogP contribution in [0.15, 0.2) is 53.5 Å². The maximum absolute atomic E-state index is 13.7. The summed E-state index contributed by atoms with van der Waals surface area (Å²) in [5.74, 6) is -0.919. The highest BCUT2D eigenvalue weighted by Crippen LogP contribution is 2.16. The molecule has 5 nitrogen and oxygen atoms in total. The molecule has 0 unspecified atom stereocenters. The fourth-order valence-corrected chi connectivity index (χ4v) is 2.35. The number of carbonyl (C=O) groups excluding carboxylic acids is 1. The molecule has 6 heteroatoms. The number of hydrogen-bond donors (Lipinski definition) is 1. The Morgan fingerprint density at radius 3 is 2.87 bits per heavy atom. The Labute approximate surface area is 131 Å². The molecule has 0 fully saturated rings. The number of aryl methyl sites for hydroxylation is 1. The van der Waals surface area contributed by atoms with E-state index in [9.17, 15) is 14.0 Å². The summed E-state index contributed by atoms with van der Waals surface area (Å²) in [5.41, 5.74) is 1.32. The molecule has 0 atom stereocenters. The third-order valence-corrected chi connectivity index (χ3v) is 3.45. The van der Waals surface area contributed by atoms with Gasteiger partial charge < -0.3 is 5.32 Å². The van der Waals surface area contributed by atoms with E-state index in [1.807, 2.05) is 6.92 Å². The van der Waals surface area contributed by atoms with E-state index < -0.39 is 11.7 Å². The molecule has 0 bridgehead atoms. The lowest BCUT2D eigenvalue weighted by atomic mass is 10.2. The van der Waals surface area contributed by atoms with Crippen molar-refractivity contribution < 1.29 is 9.18 Å². The number of nitrogens with zero attached hydrogens (tertiary/aromatic N) is 2. The zero-order valence-corrected chi connectivity index (χ0v) is 12.4. The largest absolute Gasteiger partial charge is 0.322 e. The van der Waals surface area contributed by atoms with Gasteiger partial charge in [0.2, 0.25) is 11.3 Å². The number of amides is 1. The second-order valence-electron chi connectivity index (χ2n) is 5.22. The molecule has 116 valence electrons. The number of anilines is 1. The van der Waals surface area contributed by atoms with Crippen molar-refractivity contribution in [1.82, 2.24) is 9.78 Å². The van der Waals surface area contributed by atoms with Crippen LogP contribution in [0.5, 0.6) is 0 Å². The van der Waals surface area contributed by atoms with Crippen LogP contribution in [0.25, 0.3) is 10.9 Å². The molecule has 1 heterocycles. The SMILES string of the molecule is Cc1ccc(F)c(NC(=O)Cn2ncc(=O)c3ccccc32)c1. The van der Waals surface area contributed by atoms with Gasteiger partial charge in [0.25, 0.3) is 0 Å². The maximum atomic E-state index is 13.7. The van der Waals surface area contributed by atoms with Gasteiger partial charge in [-0.25, -0.2) is 4.39 Å². The fourth-order valence-electron chi connectivity index (χ4n) is 2.35. The van der Waals surface area contributed by atoms with E-state index in [-0.39, 0.29) is 17.7 Å². The van der Waals surface area contributed by atoms with E-state index in [0.717, 1.165) is 5.56 Å². The van der Waals surface area contributed by atoms with Crippen molar-refractivity contribution in [3.8, 4) is 0 Å². The van der Waals surface area contributed by atoms with Gasteiger partial charge in [-0.1, -0.05) is 18.2 Å². The van der Waals surface area contributed by atoms with Gasteiger partial charge in [-0.3, -0.25) is 14.3 Å². The van der Waals surface area contributed by atoms with Crippen molar-refractivity contribution in [3.63, 3.8) is 0 Å². The van der Waals surface area contributed by atoms with Crippen LogP contribution < -0.4 is 10.7 Å². The summed E-state index contributed by atoms with van der Waals surface area (Å²) in [4.78, 5) is 23.9. The minimum Gasteiger partial charge on any atom is -0.322 e. The molecule has 0 aliphatic rings. The topological polar surface area (TPSA) is 64.0 Å². The molecule has 2 aromatic carbocycles. The second-order valence-corrected chi connectivity index (χ2v) is 5.22. The maximum Gasteiger partial charge on any atom is 0.246 e. The molecule has 3 aromatic rings. The third-order valence-electron chi connectivity index (χ3n) is 3.45. The number of benzene rings is 2.